The third kappa shape index (κ3) is 3.45. The SMILES string of the molecule is COc1cccc(CNC2(C)CCOCC2)c1. The number of hydrogen-bond acceptors (Lipinski definition) is 3. The van der Waals surface area contributed by atoms with Crippen LogP contribution >= 0.6 is 0 Å². The van der Waals surface area contributed by atoms with Gasteiger partial charge in [-0.15, -0.1) is 0 Å². The highest BCUT2D eigenvalue weighted by atomic mass is 16.5. The lowest BCUT2D eigenvalue weighted by Gasteiger charge is -2.34. The van der Waals surface area contributed by atoms with E-state index in [0.717, 1.165) is 38.3 Å². The molecular formula is C14H21NO2. The van der Waals surface area contributed by atoms with E-state index >= 15 is 0 Å². The van der Waals surface area contributed by atoms with E-state index in [0.29, 0.717) is 0 Å². The van der Waals surface area contributed by atoms with Crippen molar-refractivity contribution in [2.75, 3.05) is 20.3 Å². The molecule has 1 aromatic rings. The molecule has 0 saturated carbocycles. The fourth-order valence-electron chi connectivity index (χ4n) is 2.10. The van der Waals surface area contributed by atoms with Crippen LogP contribution in [0.25, 0.3) is 0 Å². The van der Waals surface area contributed by atoms with Crippen LogP contribution in [-0.2, 0) is 11.3 Å². The topological polar surface area (TPSA) is 30.5 Å². The van der Waals surface area contributed by atoms with Gasteiger partial charge >= 0.3 is 0 Å². The molecular weight excluding hydrogens is 214 g/mol. The monoisotopic (exact) mass is 235 g/mol. The summed E-state index contributed by atoms with van der Waals surface area (Å²) < 4.78 is 10.6. The number of rotatable bonds is 4. The Hall–Kier alpha value is -1.06. The molecule has 1 heterocycles. The molecule has 94 valence electrons. The molecule has 0 amide bonds. The lowest BCUT2D eigenvalue weighted by molar-refractivity contribution is 0.0446. The van der Waals surface area contributed by atoms with Gasteiger partial charge in [0.1, 0.15) is 5.75 Å². The third-order valence-corrected chi connectivity index (χ3v) is 3.45. The van der Waals surface area contributed by atoms with Crippen molar-refractivity contribution in [2.45, 2.75) is 31.8 Å². The zero-order valence-corrected chi connectivity index (χ0v) is 10.7. The van der Waals surface area contributed by atoms with Crippen molar-refractivity contribution in [2.24, 2.45) is 0 Å². The van der Waals surface area contributed by atoms with Gasteiger partial charge < -0.3 is 14.8 Å². The molecule has 3 nitrogen and oxygen atoms in total. The average Bonchev–Trinajstić information content (AvgIpc) is 2.38. The van der Waals surface area contributed by atoms with Crippen molar-refractivity contribution in [1.82, 2.24) is 5.32 Å². The Bertz CT molecular complexity index is 359. The highest BCUT2D eigenvalue weighted by Gasteiger charge is 2.26. The van der Waals surface area contributed by atoms with Crippen LogP contribution in [0.4, 0.5) is 0 Å². The standard InChI is InChI=1S/C14H21NO2/c1-14(6-8-17-9-7-14)15-11-12-4-3-5-13(10-12)16-2/h3-5,10,15H,6-9,11H2,1-2H3. The first-order valence-electron chi connectivity index (χ1n) is 6.18. The fraction of sp³-hybridized carbons (Fsp3) is 0.571. The van der Waals surface area contributed by atoms with E-state index in [1.807, 2.05) is 12.1 Å². The van der Waals surface area contributed by atoms with E-state index in [-0.39, 0.29) is 5.54 Å². The largest absolute Gasteiger partial charge is 0.497 e. The number of methoxy groups -OCH3 is 1. The summed E-state index contributed by atoms with van der Waals surface area (Å²) in [7, 11) is 1.70. The smallest absolute Gasteiger partial charge is 0.119 e. The highest BCUT2D eigenvalue weighted by molar-refractivity contribution is 5.28. The summed E-state index contributed by atoms with van der Waals surface area (Å²) in [6.07, 6.45) is 2.16. The summed E-state index contributed by atoms with van der Waals surface area (Å²) in [5.74, 6) is 0.918. The second-order valence-corrected chi connectivity index (χ2v) is 4.88. The average molecular weight is 235 g/mol. The predicted molar refractivity (Wildman–Crippen MR) is 68.3 cm³/mol. The Morgan fingerprint density at radius 2 is 2.12 bits per heavy atom. The van der Waals surface area contributed by atoms with Crippen LogP contribution in [0.5, 0.6) is 5.75 Å². The second-order valence-electron chi connectivity index (χ2n) is 4.88. The lowest BCUT2D eigenvalue weighted by atomic mass is 9.92. The molecule has 0 spiro atoms. The van der Waals surface area contributed by atoms with E-state index < -0.39 is 0 Å². The molecule has 1 aliphatic heterocycles. The van der Waals surface area contributed by atoms with Gasteiger partial charge in [0.15, 0.2) is 0 Å². The maximum Gasteiger partial charge on any atom is 0.119 e. The van der Waals surface area contributed by atoms with Crippen molar-refractivity contribution in [3.05, 3.63) is 29.8 Å². The number of nitrogens with one attached hydrogen (secondary N) is 1. The quantitative estimate of drug-likeness (QED) is 0.869. The van der Waals surface area contributed by atoms with Gasteiger partial charge in [0.2, 0.25) is 0 Å². The molecule has 0 unspecified atom stereocenters. The molecule has 1 N–H and O–H groups in total. The summed E-state index contributed by atoms with van der Waals surface area (Å²) in [4.78, 5) is 0. The van der Waals surface area contributed by atoms with Crippen LogP contribution in [0.3, 0.4) is 0 Å². The third-order valence-electron chi connectivity index (χ3n) is 3.45. The fourth-order valence-corrected chi connectivity index (χ4v) is 2.10. The number of benzene rings is 1. The van der Waals surface area contributed by atoms with Gasteiger partial charge in [-0.3, -0.25) is 0 Å². The molecule has 1 aromatic carbocycles. The minimum Gasteiger partial charge on any atom is -0.497 e. The zero-order chi connectivity index (χ0) is 12.1. The molecule has 2 rings (SSSR count). The van der Waals surface area contributed by atoms with Crippen LogP contribution in [0.1, 0.15) is 25.3 Å². The van der Waals surface area contributed by atoms with Crippen molar-refractivity contribution < 1.29 is 9.47 Å². The molecule has 1 fully saturated rings. The van der Waals surface area contributed by atoms with Gasteiger partial charge in [-0.05, 0) is 37.5 Å². The summed E-state index contributed by atoms with van der Waals surface area (Å²) in [5, 5.41) is 3.63. The molecule has 0 radical (unpaired) electrons. The van der Waals surface area contributed by atoms with Crippen LogP contribution < -0.4 is 10.1 Å². The van der Waals surface area contributed by atoms with Gasteiger partial charge in [-0.2, -0.15) is 0 Å². The predicted octanol–water partition coefficient (Wildman–Crippen LogP) is 2.35. The van der Waals surface area contributed by atoms with E-state index in [1.54, 1.807) is 7.11 Å². The zero-order valence-electron chi connectivity index (χ0n) is 10.7. The summed E-state index contributed by atoms with van der Waals surface area (Å²) in [5.41, 5.74) is 1.47. The van der Waals surface area contributed by atoms with Gasteiger partial charge in [0, 0.05) is 25.3 Å². The van der Waals surface area contributed by atoms with Gasteiger partial charge in [0.25, 0.3) is 0 Å². The van der Waals surface area contributed by atoms with Gasteiger partial charge in [0.05, 0.1) is 7.11 Å². The normalized spacial score (nSPS) is 18.9. The van der Waals surface area contributed by atoms with E-state index in [1.165, 1.54) is 5.56 Å². The lowest BCUT2D eigenvalue weighted by Crippen LogP contribution is -2.46. The van der Waals surface area contributed by atoms with Crippen molar-refractivity contribution in [1.29, 1.82) is 0 Å². The minimum absolute atomic E-state index is 0.210. The molecule has 0 aromatic heterocycles. The van der Waals surface area contributed by atoms with Crippen molar-refractivity contribution in [3.8, 4) is 5.75 Å². The van der Waals surface area contributed by atoms with Crippen LogP contribution in [0.15, 0.2) is 24.3 Å². The van der Waals surface area contributed by atoms with Gasteiger partial charge in [-0.1, -0.05) is 12.1 Å². The number of hydrogen-bond donors (Lipinski definition) is 1. The molecule has 0 atom stereocenters. The van der Waals surface area contributed by atoms with Crippen LogP contribution in [-0.4, -0.2) is 25.9 Å². The first kappa shape index (κ1) is 12.4. The van der Waals surface area contributed by atoms with E-state index in [9.17, 15) is 0 Å². The first-order chi connectivity index (χ1) is 8.22. The van der Waals surface area contributed by atoms with Crippen LogP contribution in [0.2, 0.25) is 0 Å². The Morgan fingerprint density at radius 1 is 1.35 bits per heavy atom. The molecule has 0 bridgehead atoms. The Morgan fingerprint density at radius 3 is 2.82 bits per heavy atom. The second kappa shape index (κ2) is 5.52. The van der Waals surface area contributed by atoms with Gasteiger partial charge in [-0.25, -0.2) is 0 Å². The molecule has 1 aliphatic rings. The van der Waals surface area contributed by atoms with Crippen molar-refractivity contribution >= 4 is 0 Å². The Labute approximate surface area is 103 Å². The maximum absolute atomic E-state index is 5.39. The maximum atomic E-state index is 5.39. The molecule has 3 heteroatoms. The van der Waals surface area contributed by atoms with E-state index in [4.69, 9.17) is 9.47 Å². The molecule has 17 heavy (non-hydrogen) atoms. The first-order valence-corrected chi connectivity index (χ1v) is 6.18. The van der Waals surface area contributed by atoms with E-state index in [2.05, 4.69) is 24.4 Å². The Kier molecular flexibility index (Phi) is 4.02. The van der Waals surface area contributed by atoms with Crippen molar-refractivity contribution in [3.63, 3.8) is 0 Å². The van der Waals surface area contributed by atoms with Crippen LogP contribution in [0, 0.1) is 0 Å². The Balaban J connectivity index is 1.92. The number of ether oxygens (including phenoxy) is 2. The summed E-state index contributed by atoms with van der Waals surface area (Å²) in [6, 6.07) is 8.20. The molecule has 0 aliphatic carbocycles. The highest BCUT2D eigenvalue weighted by Crippen LogP contribution is 2.21. The summed E-state index contributed by atoms with van der Waals surface area (Å²) >= 11 is 0. The summed E-state index contributed by atoms with van der Waals surface area (Å²) in [6.45, 7) is 4.88. The molecule has 1 saturated heterocycles. The minimum atomic E-state index is 0.210.